The van der Waals surface area contributed by atoms with Crippen LogP contribution in [0.5, 0.6) is 0 Å². The van der Waals surface area contributed by atoms with Crippen LogP contribution in [0.15, 0.2) is 30.3 Å². The predicted molar refractivity (Wildman–Crippen MR) is 65.8 cm³/mol. The average molecular weight is 253 g/mol. The average Bonchev–Trinajstić information content (AvgIpc) is 2.67. The molecular formula is C12H15NO3S. The Kier molecular flexibility index (Phi) is 3.59. The number of ketones is 1. The van der Waals surface area contributed by atoms with Gasteiger partial charge < -0.3 is 5.32 Å². The summed E-state index contributed by atoms with van der Waals surface area (Å²) in [6, 6.07) is 8.92. The van der Waals surface area contributed by atoms with Gasteiger partial charge in [0, 0.05) is 11.6 Å². The van der Waals surface area contributed by atoms with E-state index in [4.69, 9.17) is 0 Å². The van der Waals surface area contributed by atoms with Crippen LogP contribution in [0.4, 0.5) is 0 Å². The zero-order valence-electron chi connectivity index (χ0n) is 9.43. The molecule has 0 spiro atoms. The first kappa shape index (κ1) is 12.3. The number of sulfone groups is 1. The quantitative estimate of drug-likeness (QED) is 0.800. The molecule has 1 N–H and O–H groups in total. The Balaban J connectivity index is 1.86. The first-order valence-electron chi connectivity index (χ1n) is 5.59. The number of carbonyl (C=O) groups is 1. The van der Waals surface area contributed by atoms with Crippen LogP contribution in [0.2, 0.25) is 0 Å². The van der Waals surface area contributed by atoms with Crippen LogP contribution < -0.4 is 5.32 Å². The van der Waals surface area contributed by atoms with E-state index < -0.39 is 9.84 Å². The molecule has 2 rings (SSSR count). The number of rotatable bonds is 4. The lowest BCUT2D eigenvalue weighted by Gasteiger charge is -2.09. The number of carbonyl (C=O) groups excluding carboxylic acids is 1. The first-order chi connectivity index (χ1) is 8.07. The highest BCUT2D eigenvalue weighted by atomic mass is 32.2. The molecule has 0 bridgehead atoms. The van der Waals surface area contributed by atoms with Crippen LogP contribution in [-0.4, -0.2) is 38.3 Å². The molecule has 1 aromatic rings. The first-order valence-corrected chi connectivity index (χ1v) is 7.41. The van der Waals surface area contributed by atoms with Crippen LogP contribution in [0.3, 0.4) is 0 Å². The standard InChI is InChI=1S/C12H15NO3S/c14-12(10-4-2-1-3-5-10)8-13-11-6-7-17(15,16)9-11/h1-5,11,13H,6-9H2. The highest BCUT2D eigenvalue weighted by molar-refractivity contribution is 7.91. The number of hydrogen-bond donors (Lipinski definition) is 1. The van der Waals surface area contributed by atoms with E-state index in [-0.39, 0.29) is 29.9 Å². The molecule has 1 unspecified atom stereocenters. The lowest BCUT2D eigenvalue weighted by molar-refractivity contribution is 0.0988. The van der Waals surface area contributed by atoms with Gasteiger partial charge in [-0.3, -0.25) is 4.79 Å². The van der Waals surface area contributed by atoms with Crippen molar-refractivity contribution in [2.24, 2.45) is 0 Å². The molecular weight excluding hydrogens is 238 g/mol. The summed E-state index contributed by atoms with van der Waals surface area (Å²) in [6.45, 7) is 0.199. The van der Waals surface area contributed by atoms with E-state index in [1.807, 2.05) is 18.2 Å². The molecule has 17 heavy (non-hydrogen) atoms. The Morgan fingerprint density at radius 2 is 2.00 bits per heavy atom. The fraction of sp³-hybridized carbons (Fsp3) is 0.417. The minimum atomic E-state index is -2.88. The zero-order chi connectivity index (χ0) is 12.3. The lowest BCUT2D eigenvalue weighted by atomic mass is 10.1. The summed E-state index contributed by atoms with van der Waals surface area (Å²) in [6.07, 6.45) is 0.602. The second-order valence-electron chi connectivity index (χ2n) is 4.27. The molecule has 1 saturated heterocycles. The minimum Gasteiger partial charge on any atom is -0.306 e. The maximum atomic E-state index is 11.8. The van der Waals surface area contributed by atoms with Crippen molar-refractivity contribution < 1.29 is 13.2 Å². The molecule has 1 fully saturated rings. The summed E-state index contributed by atoms with van der Waals surface area (Å²) < 4.78 is 22.5. The summed E-state index contributed by atoms with van der Waals surface area (Å²) >= 11 is 0. The van der Waals surface area contributed by atoms with E-state index in [0.29, 0.717) is 12.0 Å². The minimum absolute atomic E-state index is 0.00472. The van der Waals surface area contributed by atoms with Gasteiger partial charge in [0.1, 0.15) is 0 Å². The third kappa shape index (κ3) is 3.38. The Morgan fingerprint density at radius 3 is 2.59 bits per heavy atom. The van der Waals surface area contributed by atoms with Crippen molar-refractivity contribution in [3.8, 4) is 0 Å². The van der Waals surface area contributed by atoms with Crippen LogP contribution in [0, 0.1) is 0 Å². The fourth-order valence-corrected chi connectivity index (χ4v) is 3.63. The maximum Gasteiger partial charge on any atom is 0.176 e. The zero-order valence-corrected chi connectivity index (χ0v) is 10.2. The van der Waals surface area contributed by atoms with Gasteiger partial charge in [-0.25, -0.2) is 8.42 Å². The van der Waals surface area contributed by atoms with Gasteiger partial charge in [0.15, 0.2) is 15.6 Å². The van der Waals surface area contributed by atoms with Crippen molar-refractivity contribution in [3.05, 3.63) is 35.9 Å². The molecule has 0 aromatic heterocycles. The van der Waals surface area contributed by atoms with Crippen molar-refractivity contribution >= 4 is 15.6 Å². The molecule has 4 nitrogen and oxygen atoms in total. The van der Waals surface area contributed by atoms with E-state index in [0.717, 1.165) is 0 Å². The molecule has 5 heteroatoms. The van der Waals surface area contributed by atoms with Crippen LogP contribution in [0.1, 0.15) is 16.8 Å². The normalized spacial score (nSPS) is 22.5. The molecule has 92 valence electrons. The monoisotopic (exact) mass is 253 g/mol. The summed E-state index contributed by atoms with van der Waals surface area (Å²) in [4.78, 5) is 11.8. The topological polar surface area (TPSA) is 63.2 Å². The van der Waals surface area contributed by atoms with Crippen LogP contribution in [-0.2, 0) is 9.84 Å². The van der Waals surface area contributed by atoms with Gasteiger partial charge in [0.2, 0.25) is 0 Å². The highest BCUT2D eigenvalue weighted by Gasteiger charge is 2.27. The van der Waals surface area contributed by atoms with Crippen molar-refractivity contribution in [2.75, 3.05) is 18.1 Å². The van der Waals surface area contributed by atoms with Gasteiger partial charge in [0.25, 0.3) is 0 Å². The second kappa shape index (κ2) is 4.98. The van der Waals surface area contributed by atoms with Crippen molar-refractivity contribution in [3.63, 3.8) is 0 Å². The summed E-state index contributed by atoms with van der Waals surface area (Å²) in [5, 5.41) is 3.01. The number of Topliss-reactive ketones (excluding diaryl/α,β-unsaturated/α-hetero) is 1. The van der Waals surface area contributed by atoms with Crippen molar-refractivity contribution in [1.82, 2.24) is 5.32 Å². The van der Waals surface area contributed by atoms with Gasteiger partial charge in [-0.15, -0.1) is 0 Å². The third-order valence-corrected chi connectivity index (χ3v) is 4.65. The van der Waals surface area contributed by atoms with E-state index in [1.165, 1.54) is 0 Å². The van der Waals surface area contributed by atoms with Crippen molar-refractivity contribution in [1.29, 1.82) is 0 Å². The molecule has 1 heterocycles. The molecule has 1 aromatic carbocycles. The molecule has 1 aliphatic heterocycles. The Morgan fingerprint density at radius 1 is 1.29 bits per heavy atom. The second-order valence-corrected chi connectivity index (χ2v) is 6.50. The number of hydrogen-bond acceptors (Lipinski definition) is 4. The largest absolute Gasteiger partial charge is 0.306 e. The Bertz CT molecular complexity index is 496. The molecule has 0 saturated carbocycles. The molecule has 0 aliphatic carbocycles. The van der Waals surface area contributed by atoms with E-state index in [2.05, 4.69) is 5.32 Å². The predicted octanol–water partition coefficient (Wildman–Crippen LogP) is 0.646. The summed E-state index contributed by atoms with van der Waals surface area (Å²) in [5.41, 5.74) is 0.654. The van der Waals surface area contributed by atoms with Gasteiger partial charge in [-0.1, -0.05) is 30.3 Å². The molecule has 1 aliphatic rings. The van der Waals surface area contributed by atoms with Gasteiger partial charge in [-0.05, 0) is 6.42 Å². The van der Waals surface area contributed by atoms with E-state index >= 15 is 0 Å². The van der Waals surface area contributed by atoms with E-state index in [1.54, 1.807) is 12.1 Å². The van der Waals surface area contributed by atoms with Crippen molar-refractivity contribution in [2.45, 2.75) is 12.5 Å². The number of benzene rings is 1. The maximum absolute atomic E-state index is 11.8. The molecule has 1 atom stereocenters. The fourth-order valence-electron chi connectivity index (χ4n) is 1.92. The Hall–Kier alpha value is -1.20. The summed E-state index contributed by atoms with van der Waals surface area (Å²) in [5.74, 6) is 0.370. The van der Waals surface area contributed by atoms with Crippen LogP contribution >= 0.6 is 0 Å². The third-order valence-electron chi connectivity index (χ3n) is 2.88. The SMILES string of the molecule is O=C(CNC1CCS(=O)(=O)C1)c1ccccc1. The van der Waals surface area contributed by atoms with Gasteiger partial charge in [-0.2, -0.15) is 0 Å². The lowest BCUT2D eigenvalue weighted by Crippen LogP contribution is -2.34. The van der Waals surface area contributed by atoms with Crippen LogP contribution in [0.25, 0.3) is 0 Å². The molecule has 0 amide bonds. The number of nitrogens with one attached hydrogen (secondary N) is 1. The smallest absolute Gasteiger partial charge is 0.176 e. The summed E-state index contributed by atoms with van der Waals surface area (Å²) in [7, 11) is -2.88. The van der Waals surface area contributed by atoms with E-state index in [9.17, 15) is 13.2 Å². The highest BCUT2D eigenvalue weighted by Crippen LogP contribution is 2.11. The molecule has 0 radical (unpaired) electrons. The van der Waals surface area contributed by atoms with Gasteiger partial charge >= 0.3 is 0 Å². The van der Waals surface area contributed by atoms with Gasteiger partial charge in [0.05, 0.1) is 18.1 Å². The Labute approximate surface area is 101 Å².